The molecule has 5 nitrogen and oxygen atoms in total. The lowest BCUT2D eigenvalue weighted by Crippen LogP contribution is -2.50. The Morgan fingerprint density at radius 3 is 2.17 bits per heavy atom. The fraction of sp³-hybridized carbons (Fsp3) is 0.278. The highest BCUT2D eigenvalue weighted by Crippen LogP contribution is 2.35. The van der Waals surface area contributed by atoms with Gasteiger partial charge in [-0.2, -0.15) is 17.5 Å². The highest BCUT2D eigenvalue weighted by Gasteiger charge is 2.39. The minimum absolute atomic E-state index is 0.00902. The van der Waals surface area contributed by atoms with Gasteiger partial charge in [0.05, 0.1) is 26.1 Å². The van der Waals surface area contributed by atoms with E-state index in [1.165, 1.54) is 23.1 Å². The Bertz CT molecular complexity index is 1040. The molecule has 1 amide bonds. The Morgan fingerprint density at radius 1 is 0.931 bits per heavy atom. The fourth-order valence-corrected chi connectivity index (χ4v) is 5.05. The summed E-state index contributed by atoms with van der Waals surface area (Å²) in [6.07, 6.45) is -4.80. The lowest BCUT2D eigenvalue weighted by molar-refractivity contribution is -0.139. The van der Waals surface area contributed by atoms with Gasteiger partial charge in [-0.05, 0) is 24.3 Å². The molecule has 2 aromatic carbocycles. The number of carbonyl (C=O) groups is 1. The zero-order valence-electron chi connectivity index (χ0n) is 14.8. The van der Waals surface area contributed by atoms with Gasteiger partial charge in [0, 0.05) is 26.2 Å². The second kappa shape index (κ2) is 8.14. The summed E-state index contributed by atoms with van der Waals surface area (Å²) in [5, 5.41) is 0.302. The van der Waals surface area contributed by atoms with Crippen molar-refractivity contribution < 1.29 is 26.4 Å². The van der Waals surface area contributed by atoms with Crippen molar-refractivity contribution in [2.45, 2.75) is 11.1 Å². The number of nitrogens with zero attached hydrogens (tertiary/aromatic N) is 2. The van der Waals surface area contributed by atoms with Crippen LogP contribution in [0.4, 0.5) is 13.2 Å². The molecule has 1 aliphatic rings. The molecule has 0 radical (unpaired) electrons. The molecule has 11 heteroatoms. The Morgan fingerprint density at radius 2 is 1.55 bits per heavy atom. The van der Waals surface area contributed by atoms with E-state index in [0.29, 0.717) is 0 Å². The maximum absolute atomic E-state index is 13.2. The molecule has 0 aromatic heterocycles. The van der Waals surface area contributed by atoms with Gasteiger partial charge in [-0.25, -0.2) is 8.42 Å². The Kier molecular flexibility index (Phi) is 6.14. The number of rotatable bonds is 3. The van der Waals surface area contributed by atoms with Gasteiger partial charge in [-0.3, -0.25) is 4.79 Å². The summed E-state index contributed by atoms with van der Waals surface area (Å²) in [6.45, 7) is -0.263. The van der Waals surface area contributed by atoms with Gasteiger partial charge in [0.1, 0.15) is 0 Å². The van der Waals surface area contributed by atoms with E-state index in [1.807, 2.05) is 0 Å². The van der Waals surface area contributed by atoms with E-state index >= 15 is 0 Å². The van der Waals surface area contributed by atoms with Gasteiger partial charge < -0.3 is 4.90 Å². The molecule has 1 heterocycles. The first-order chi connectivity index (χ1) is 13.5. The summed E-state index contributed by atoms with van der Waals surface area (Å²) in [5.74, 6) is -0.426. The van der Waals surface area contributed by atoms with Gasteiger partial charge in [0.25, 0.3) is 5.91 Å². The number of hydrogen-bond donors (Lipinski definition) is 0. The van der Waals surface area contributed by atoms with Crippen molar-refractivity contribution in [2.75, 3.05) is 26.2 Å². The normalized spacial score (nSPS) is 16.1. The SMILES string of the molecule is O=C(c1cccc(Cl)c1Cl)N1CCN(S(=O)(=O)c2ccccc2C(F)(F)F)CC1. The van der Waals surface area contributed by atoms with Crippen molar-refractivity contribution >= 4 is 39.1 Å². The van der Waals surface area contributed by atoms with Crippen molar-refractivity contribution in [1.29, 1.82) is 0 Å². The molecule has 29 heavy (non-hydrogen) atoms. The van der Waals surface area contributed by atoms with Crippen LogP contribution in [-0.2, 0) is 16.2 Å². The van der Waals surface area contributed by atoms with Crippen LogP contribution in [0.1, 0.15) is 15.9 Å². The molecule has 2 aromatic rings. The number of alkyl halides is 3. The molecule has 0 N–H and O–H groups in total. The largest absolute Gasteiger partial charge is 0.417 e. The second-order valence-electron chi connectivity index (χ2n) is 6.29. The van der Waals surface area contributed by atoms with Crippen molar-refractivity contribution in [3.8, 4) is 0 Å². The maximum Gasteiger partial charge on any atom is 0.417 e. The van der Waals surface area contributed by atoms with E-state index in [2.05, 4.69) is 0 Å². The summed E-state index contributed by atoms with van der Waals surface area (Å²) < 4.78 is 66.2. The number of piperazine rings is 1. The van der Waals surface area contributed by atoms with E-state index in [-0.39, 0.29) is 41.8 Å². The summed E-state index contributed by atoms with van der Waals surface area (Å²) in [7, 11) is -4.38. The van der Waals surface area contributed by atoms with Crippen LogP contribution in [0.2, 0.25) is 10.0 Å². The Balaban J connectivity index is 1.79. The third kappa shape index (κ3) is 4.37. The molecule has 1 aliphatic heterocycles. The zero-order chi connectivity index (χ0) is 21.4. The van der Waals surface area contributed by atoms with Crippen molar-refractivity contribution in [3.05, 3.63) is 63.6 Å². The molecule has 156 valence electrons. The quantitative estimate of drug-likeness (QED) is 0.682. The number of benzene rings is 2. The zero-order valence-corrected chi connectivity index (χ0v) is 17.1. The molecule has 1 saturated heterocycles. The van der Waals surface area contributed by atoms with E-state index in [9.17, 15) is 26.4 Å². The van der Waals surface area contributed by atoms with Crippen LogP contribution in [0.25, 0.3) is 0 Å². The third-order valence-corrected chi connectivity index (χ3v) is 7.29. The lowest BCUT2D eigenvalue weighted by Gasteiger charge is -2.34. The average Bonchev–Trinajstić information content (AvgIpc) is 2.69. The number of amides is 1. The highest BCUT2D eigenvalue weighted by molar-refractivity contribution is 7.89. The van der Waals surface area contributed by atoms with E-state index < -0.39 is 32.6 Å². The average molecular weight is 467 g/mol. The molecule has 0 spiro atoms. The highest BCUT2D eigenvalue weighted by atomic mass is 35.5. The van der Waals surface area contributed by atoms with Gasteiger partial charge >= 0.3 is 6.18 Å². The topological polar surface area (TPSA) is 57.7 Å². The summed E-state index contributed by atoms with van der Waals surface area (Å²) in [6, 6.07) is 8.63. The minimum atomic E-state index is -4.80. The van der Waals surface area contributed by atoms with Gasteiger partial charge in [-0.15, -0.1) is 0 Å². The van der Waals surface area contributed by atoms with Crippen LogP contribution in [0.5, 0.6) is 0 Å². The standard InChI is InChI=1S/C18H15Cl2F3N2O3S/c19-14-6-3-4-12(16(14)20)17(26)24-8-10-25(11-9-24)29(27,28)15-7-2-1-5-13(15)18(21,22)23/h1-7H,8-11H2. The predicted octanol–water partition coefficient (Wildman–Crippen LogP) is 4.16. The van der Waals surface area contributed by atoms with E-state index in [1.54, 1.807) is 6.07 Å². The molecule has 0 aliphatic carbocycles. The van der Waals surface area contributed by atoms with E-state index in [0.717, 1.165) is 22.5 Å². The van der Waals surface area contributed by atoms with Gasteiger partial charge in [0.2, 0.25) is 10.0 Å². The maximum atomic E-state index is 13.2. The van der Waals surface area contributed by atoms with Crippen molar-refractivity contribution in [3.63, 3.8) is 0 Å². The summed E-state index contributed by atoms with van der Waals surface area (Å²) >= 11 is 12.0. The van der Waals surface area contributed by atoms with Crippen LogP contribution in [0.3, 0.4) is 0 Å². The first kappa shape index (κ1) is 21.9. The first-order valence-electron chi connectivity index (χ1n) is 8.43. The molecule has 0 unspecified atom stereocenters. The molecule has 0 bridgehead atoms. The molecule has 0 atom stereocenters. The predicted molar refractivity (Wildman–Crippen MR) is 103 cm³/mol. The number of carbonyl (C=O) groups excluding carboxylic acids is 1. The third-order valence-electron chi connectivity index (χ3n) is 4.52. The van der Waals surface area contributed by atoms with Crippen LogP contribution in [0, 0.1) is 0 Å². The molecular weight excluding hydrogens is 452 g/mol. The minimum Gasteiger partial charge on any atom is -0.336 e. The lowest BCUT2D eigenvalue weighted by atomic mass is 10.2. The van der Waals surface area contributed by atoms with Crippen molar-refractivity contribution in [2.24, 2.45) is 0 Å². The van der Waals surface area contributed by atoms with Crippen LogP contribution >= 0.6 is 23.2 Å². The molecule has 0 saturated carbocycles. The van der Waals surface area contributed by atoms with E-state index in [4.69, 9.17) is 23.2 Å². The molecule has 3 rings (SSSR count). The van der Waals surface area contributed by atoms with Crippen LogP contribution < -0.4 is 0 Å². The van der Waals surface area contributed by atoms with Crippen LogP contribution in [0.15, 0.2) is 47.4 Å². The van der Waals surface area contributed by atoms with Gasteiger partial charge in [0.15, 0.2) is 0 Å². The first-order valence-corrected chi connectivity index (χ1v) is 10.6. The van der Waals surface area contributed by atoms with Crippen LogP contribution in [-0.4, -0.2) is 49.7 Å². The van der Waals surface area contributed by atoms with Gasteiger partial charge in [-0.1, -0.05) is 41.4 Å². The van der Waals surface area contributed by atoms with Crippen molar-refractivity contribution in [1.82, 2.24) is 9.21 Å². The Hall–Kier alpha value is -1.81. The molecular formula is C18H15Cl2F3N2O3S. The number of sulfonamides is 1. The fourth-order valence-electron chi connectivity index (χ4n) is 3.04. The second-order valence-corrected chi connectivity index (χ2v) is 8.98. The number of hydrogen-bond acceptors (Lipinski definition) is 3. The smallest absolute Gasteiger partial charge is 0.336 e. The molecule has 1 fully saturated rings. The summed E-state index contributed by atoms with van der Waals surface area (Å²) in [5.41, 5.74) is -1.04. The monoisotopic (exact) mass is 466 g/mol. The number of halogens is 5. The summed E-state index contributed by atoms with van der Waals surface area (Å²) in [4.78, 5) is 13.2. The Labute approximate surface area is 175 Å².